The highest BCUT2D eigenvalue weighted by Gasteiger charge is 2.28. The standard InChI is InChI=1S/C20H13NO3/c21-16-11-10-15-17(19(16)23)20(24-12-6-2-1-3-7-12)14-9-5-4-8-13(14)18(15)22/h1-11,21-22H. The van der Waals surface area contributed by atoms with E-state index < -0.39 is 5.78 Å². The molecule has 116 valence electrons. The van der Waals surface area contributed by atoms with E-state index in [1.807, 2.05) is 30.3 Å². The first-order chi connectivity index (χ1) is 11.7. The molecule has 2 N–H and O–H groups in total. The Hall–Kier alpha value is -3.40. The minimum atomic E-state index is -0.459. The first-order valence-electron chi connectivity index (χ1n) is 7.48. The molecule has 0 aliphatic heterocycles. The van der Waals surface area contributed by atoms with Gasteiger partial charge >= 0.3 is 0 Å². The summed E-state index contributed by atoms with van der Waals surface area (Å²) < 4.78 is 6.00. The highest BCUT2D eigenvalue weighted by atomic mass is 16.5. The molecular weight excluding hydrogens is 302 g/mol. The van der Waals surface area contributed by atoms with Crippen LogP contribution in [0.4, 0.5) is 0 Å². The first kappa shape index (κ1) is 14.2. The number of hydrogen-bond donors (Lipinski definition) is 2. The molecule has 0 heterocycles. The van der Waals surface area contributed by atoms with Crippen LogP contribution in [0.15, 0.2) is 60.7 Å². The lowest BCUT2D eigenvalue weighted by molar-refractivity contribution is 0.106. The number of allylic oxidation sites excluding steroid dienone is 1. The number of fused-ring (bicyclic) bond motifs is 2. The Bertz CT molecular complexity index is 1020. The second-order valence-electron chi connectivity index (χ2n) is 5.50. The van der Waals surface area contributed by atoms with E-state index in [0.29, 0.717) is 27.8 Å². The van der Waals surface area contributed by atoms with Crippen molar-refractivity contribution in [2.75, 3.05) is 0 Å². The van der Waals surface area contributed by atoms with Crippen LogP contribution in [0, 0.1) is 5.41 Å². The van der Waals surface area contributed by atoms with E-state index in [2.05, 4.69) is 0 Å². The van der Waals surface area contributed by atoms with Gasteiger partial charge in [-0.2, -0.15) is 0 Å². The average molecular weight is 315 g/mol. The summed E-state index contributed by atoms with van der Waals surface area (Å²) in [5.41, 5.74) is 0.485. The molecule has 0 fully saturated rings. The normalized spacial score (nSPS) is 13.2. The molecule has 24 heavy (non-hydrogen) atoms. The van der Waals surface area contributed by atoms with E-state index in [9.17, 15) is 9.90 Å². The number of nitrogens with one attached hydrogen (secondary N) is 1. The molecule has 3 aromatic carbocycles. The predicted molar refractivity (Wildman–Crippen MR) is 93.2 cm³/mol. The van der Waals surface area contributed by atoms with Crippen LogP contribution < -0.4 is 4.74 Å². The number of carbonyl (C=O) groups excluding carboxylic acids is 1. The number of para-hydroxylation sites is 1. The fourth-order valence-corrected chi connectivity index (χ4v) is 2.89. The number of aromatic hydroxyl groups is 1. The quantitative estimate of drug-likeness (QED) is 0.728. The number of benzene rings is 3. The lowest BCUT2D eigenvalue weighted by Crippen LogP contribution is -2.17. The van der Waals surface area contributed by atoms with Crippen LogP contribution in [0.25, 0.3) is 16.8 Å². The molecule has 0 atom stereocenters. The van der Waals surface area contributed by atoms with Gasteiger partial charge in [0.15, 0.2) is 0 Å². The molecule has 4 heteroatoms. The zero-order chi connectivity index (χ0) is 16.7. The highest BCUT2D eigenvalue weighted by Crippen LogP contribution is 2.44. The van der Waals surface area contributed by atoms with Crippen LogP contribution in [0.5, 0.6) is 17.2 Å². The molecule has 0 aromatic heterocycles. The smallest absolute Gasteiger partial charge is 0.215 e. The second kappa shape index (κ2) is 5.35. The second-order valence-corrected chi connectivity index (χ2v) is 5.50. The molecule has 3 aromatic rings. The van der Waals surface area contributed by atoms with Gasteiger partial charge in [-0.25, -0.2) is 0 Å². The van der Waals surface area contributed by atoms with Crippen molar-refractivity contribution >= 4 is 28.3 Å². The van der Waals surface area contributed by atoms with Gasteiger partial charge in [-0.3, -0.25) is 10.2 Å². The van der Waals surface area contributed by atoms with Gasteiger partial charge in [0.2, 0.25) is 5.78 Å². The summed E-state index contributed by atoms with van der Waals surface area (Å²) >= 11 is 0. The summed E-state index contributed by atoms with van der Waals surface area (Å²) in [5, 5.41) is 19.6. The Kier molecular flexibility index (Phi) is 3.17. The van der Waals surface area contributed by atoms with Gasteiger partial charge in [-0.05, 0) is 24.3 Å². The predicted octanol–water partition coefficient (Wildman–Crippen LogP) is 4.57. The zero-order valence-electron chi connectivity index (χ0n) is 12.6. The van der Waals surface area contributed by atoms with Crippen LogP contribution in [0.2, 0.25) is 0 Å². The molecule has 4 nitrogen and oxygen atoms in total. The van der Waals surface area contributed by atoms with Crippen molar-refractivity contribution in [3.63, 3.8) is 0 Å². The number of phenols is 1. The van der Waals surface area contributed by atoms with E-state index in [1.54, 1.807) is 30.3 Å². The lowest BCUT2D eigenvalue weighted by Gasteiger charge is -2.19. The van der Waals surface area contributed by atoms with Crippen molar-refractivity contribution in [1.82, 2.24) is 0 Å². The van der Waals surface area contributed by atoms with E-state index in [1.165, 1.54) is 6.08 Å². The first-order valence-corrected chi connectivity index (χ1v) is 7.48. The minimum Gasteiger partial charge on any atom is -0.507 e. The van der Waals surface area contributed by atoms with Crippen molar-refractivity contribution in [3.8, 4) is 17.2 Å². The molecule has 4 rings (SSSR count). The monoisotopic (exact) mass is 315 g/mol. The van der Waals surface area contributed by atoms with Gasteiger partial charge in [0.1, 0.15) is 23.0 Å². The molecular formula is C20H13NO3. The number of Topliss-reactive ketones (excluding diaryl/α,β-unsaturated/α-hetero) is 1. The van der Waals surface area contributed by atoms with E-state index in [4.69, 9.17) is 10.1 Å². The number of ether oxygens (including phenoxy) is 1. The lowest BCUT2D eigenvalue weighted by atomic mass is 9.89. The number of rotatable bonds is 2. The SMILES string of the molecule is N=C1C=Cc2c(c(Oc3ccccc3)c3ccccc3c2O)C1=O. The van der Waals surface area contributed by atoms with Crippen molar-refractivity contribution in [3.05, 3.63) is 71.8 Å². The molecule has 0 unspecified atom stereocenters. The maximum atomic E-state index is 12.6. The summed E-state index contributed by atoms with van der Waals surface area (Å²) in [6, 6.07) is 16.4. The Morgan fingerprint density at radius 3 is 2.29 bits per heavy atom. The fraction of sp³-hybridized carbons (Fsp3) is 0. The van der Waals surface area contributed by atoms with Crippen LogP contribution in [-0.4, -0.2) is 16.6 Å². The van der Waals surface area contributed by atoms with Crippen LogP contribution >= 0.6 is 0 Å². The molecule has 0 spiro atoms. The zero-order valence-corrected chi connectivity index (χ0v) is 12.6. The molecule has 0 saturated carbocycles. The summed E-state index contributed by atoms with van der Waals surface area (Å²) in [5.74, 6) is 0.519. The number of phenolic OH excluding ortho intramolecular Hbond substituents is 1. The highest BCUT2D eigenvalue weighted by molar-refractivity contribution is 6.52. The van der Waals surface area contributed by atoms with Crippen LogP contribution in [0.3, 0.4) is 0 Å². The Balaban J connectivity index is 2.07. The number of ketones is 1. The summed E-state index contributed by atoms with van der Waals surface area (Å²) in [6.07, 6.45) is 2.98. The van der Waals surface area contributed by atoms with Gasteiger partial charge in [-0.15, -0.1) is 0 Å². The van der Waals surface area contributed by atoms with E-state index in [0.717, 1.165) is 0 Å². The van der Waals surface area contributed by atoms with Gasteiger partial charge < -0.3 is 9.84 Å². The molecule has 0 bridgehead atoms. The van der Waals surface area contributed by atoms with Crippen LogP contribution in [-0.2, 0) is 0 Å². The average Bonchev–Trinajstić information content (AvgIpc) is 2.62. The molecule has 1 aliphatic rings. The van der Waals surface area contributed by atoms with Crippen molar-refractivity contribution < 1.29 is 14.6 Å². The van der Waals surface area contributed by atoms with Crippen molar-refractivity contribution in [1.29, 1.82) is 5.41 Å². The molecule has 0 radical (unpaired) electrons. The summed E-state index contributed by atoms with van der Waals surface area (Å²) in [7, 11) is 0. The molecule has 0 amide bonds. The number of hydrogen-bond acceptors (Lipinski definition) is 4. The fourth-order valence-electron chi connectivity index (χ4n) is 2.89. The minimum absolute atomic E-state index is 0.0260. The van der Waals surface area contributed by atoms with Crippen molar-refractivity contribution in [2.45, 2.75) is 0 Å². The van der Waals surface area contributed by atoms with Gasteiger partial charge in [-0.1, -0.05) is 42.5 Å². The van der Waals surface area contributed by atoms with Gasteiger partial charge in [0.05, 0.1) is 5.56 Å². The summed E-state index contributed by atoms with van der Waals surface area (Å²) in [4.78, 5) is 12.6. The topological polar surface area (TPSA) is 70.4 Å². The van der Waals surface area contributed by atoms with E-state index >= 15 is 0 Å². The van der Waals surface area contributed by atoms with Gasteiger partial charge in [0, 0.05) is 16.3 Å². The third-order valence-corrected chi connectivity index (χ3v) is 4.03. The Morgan fingerprint density at radius 2 is 1.54 bits per heavy atom. The van der Waals surface area contributed by atoms with Crippen LogP contribution in [0.1, 0.15) is 15.9 Å². The maximum absolute atomic E-state index is 12.6. The Morgan fingerprint density at radius 1 is 0.875 bits per heavy atom. The third-order valence-electron chi connectivity index (χ3n) is 4.03. The summed E-state index contributed by atoms with van der Waals surface area (Å²) in [6.45, 7) is 0. The third kappa shape index (κ3) is 2.08. The van der Waals surface area contributed by atoms with Gasteiger partial charge in [0.25, 0.3) is 0 Å². The largest absolute Gasteiger partial charge is 0.507 e. The number of carbonyl (C=O) groups is 1. The Labute approximate surface area is 138 Å². The van der Waals surface area contributed by atoms with Crippen molar-refractivity contribution in [2.24, 2.45) is 0 Å². The van der Waals surface area contributed by atoms with E-state index in [-0.39, 0.29) is 17.0 Å². The maximum Gasteiger partial charge on any atom is 0.215 e. The molecule has 1 aliphatic carbocycles. The molecule has 0 saturated heterocycles.